The highest BCUT2D eigenvalue weighted by Crippen LogP contribution is 2.41. The van der Waals surface area contributed by atoms with Crippen molar-refractivity contribution in [2.45, 2.75) is 13.8 Å². The molecule has 0 spiro atoms. The van der Waals surface area contributed by atoms with E-state index in [1.165, 1.54) is 27.0 Å². The van der Waals surface area contributed by atoms with Crippen LogP contribution < -0.4 is 24.8 Å². The molecule has 210 valence electrons. The summed E-state index contributed by atoms with van der Waals surface area (Å²) in [5, 5.41) is 5.86. The van der Waals surface area contributed by atoms with Crippen molar-refractivity contribution in [1.82, 2.24) is 10.6 Å². The van der Waals surface area contributed by atoms with E-state index in [4.69, 9.17) is 28.4 Å². The summed E-state index contributed by atoms with van der Waals surface area (Å²) in [5.41, 5.74) is 0.483. The molecule has 2 amide bonds. The molecule has 0 radical (unpaired) electrons. The second-order valence-corrected chi connectivity index (χ2v) is 8.05. The van der Waals surface area contributed by atoms with Crippen LogP contribution >= 0.6 is 0 Å². The Morgan fingerprint density at radius 1 is 0.744 bits per heavy atom. The van der Waals surface area contributed by atoms with E-state index in [-0.39, 0.29) is 67.9 Å². The normalized spacial score (nSPS) is 10.2. The van der Waals surface area contributed by atoms with Crippen molar-refractivity contribution >= 4 is 34.9 Å². The lowest BCUT2D eigenvalue weighted by Crippen LogP contribution is -2.31. The molecule has 39 heavy (non-hydrogen) atoms. The first-order valence-corrected chi connectivity index (χ1v) is 11.9. The lowest BCUT2D eigenvalue weighted by Gasteiger charge is -2.17. The second kappa shape index (κ2) is 15.6. The predicted octanol–water partition coefficient (Wildman–Crippen LogP) is 3.28. The number of amides is 2. The maximum Gasteiger partial charge on any atom is 0.412 e. The molecule has 0 aliphatic carbocycles. The van der Waals surface area contributed by atoms with E-state index in [1.54, 1.807) is 24.3 Å². The highest BCUT2D eigenvalue weighted by molar-refractivity contribution is 5.98. The topological polar surface area (TPSA) is 148 Å². The number of carbonyl (C=O) groups excluding carboxylic acids is 4. The van der Waals surface area contributed by atoms with E-state index in [0.29, 0.717) is 10.8 Å². The monoisotopic (exact) mass is 544 g/mol. The van der Waals surface area contributed by atoms with Gasteiger partial charge in [-0.05, 0) is 13.8 Å². The number of fused-ring (bicyclic) bond motifs is 1. The average Bonchev–Trinajstić information content (AvgIpc) is 2.90. The van der Waals surface area contributed by atoms with Gasteiger partial charge in [-0.3, -0.25) is 0 Å². The van der Waals surface area contributed by atoms with Crippen molar-refractivity contribution in [2.75, 3.05) is 46.6 Å². The van der Waals surface area contributed by atoms with Gasteiger partial charge in [0.2, 0.25) is 0 Å². The number of benzene rings is 2. The summed E-state index contributed by atoms with van der Waals surface area (Å²) >= 11 is 0. The van der Waals surface area contributed by atoms with Gasteiger partial charge in [0.15, 0.2) is 11.5 Å². The molecule has 0 heterocycles. The molecule has 0 aromatic heterocycles. The number of ether oxygens (including phenoxy) is 6. The van der Waals surface area contributed by atoms with Gasteiger partial charge in [-0.2, -0.15) is 0 Å². The molecule has 0 saturated heterocycles. The third-order valence-corrected chi connectivity index (χ3v) is 4.77. The average molecular weight is 545 g/mol. The Hall–Kier alpha value is -4.58. The van der Waals surface area contributed by atoms with Crippen molar-refractivity contribution in [3.8, 4) is 17.2 Å². The molecular formula is C27H32N2O10. The third kappa shape index (κ3) is 10.0. The van der Waals surface area contributed by atoms with E-state index in [2.05, 4.69) is 23.8 Å². The van der Waals surface area contributed by atoms with Crippen molar-refractivity contribution in [2.24, 2.45) is 0 Å². The minimum atomic E-state index is -0.821. The standard InChI is InChI=1S/C27H32N2O10/c1-17(2)24(30)36-12-10-28-26(32)38-21-16-22(35-15-14-34-5)23(20-9-7-6-8-19(20)21)39-27(33)29-11-13-37-25(31)18(3)4/h6-9,16H,1,3,10-15H2,2,4-5H3,(H,28,32)(H,29,33). The van der Waals surface area contributed by atoms with Gasteiger partial charge in [-0.15, -0.1) is 0 Å². The number of esters is 2. The molecule has 0 atom stereocenters. The largest absolute Gasteiger partial charge is 0.487 e. The molecule has 2 aromatic rings. The number of hydrogen-bond donors (Lipinski definition) is 2. The molecule has 0 bridgehead atoms. The molecule has 0 aliphatic rings. The van der Waals surface area contributed by atoms with Gasteiger partial charge in [0.1, 0.15) is 25.6 Å². The Morgan fingerprint density at radius 2 is 1.28 bits per heavy atom. The van der Waals surface area contributed by atoms with Crippen LogP contribution in [0.25, 0.3) is 10.8 Å². The molecule has 12 heteroatoms. The Kier molecular flexibility index (Phi) is 12.3. The Labute approximate surface area is 225 Å². The van der Waals surface area contributed by atoms with Crippen molar-refractivity contribution in [1.29, 1.82) is 0 Å². The molecular weight excluding hydrogens is 512 g/mol. The molecule has 0 unspecified atom stereocenters. The number of hydrogen-bond acceptors (Lipinski definition) is 10. The summed E-state index contributed by atoms with van der Waals surface area (Å²) in [4.78, 5) is 47.8. The van der Waals surface area contributed by atoms with Crippen LogP contribution in [0.3, 0.4) is 0 Å². The molecule has 2 aromatic carbocycles. The lowest BCUT2D eigenvalue weighted by atomic mass is 10.1. The third-order valence-electron chi connectivity index (χ3n) is 4.77. The Bertz CT molecular complexity index is 1220. The zero-order chi connectivity index (χ0) is 28.8. The molecule has 2 N–H and O–H groups in total. The Balaban J connectivity index is 2.18. The van der Waals surface area contributed by atoms with Gasteiger partial charge in [0, 0.05) is 35.1 Å². The fourth-order valence-electron chi connectivity index (χ4n) is 2.93. The minimum Gasteiger partial charge on any atom is -0.487 e. The second-order valence-electron chi connectivity index (χ2n) is 8.05. The van der Waals surface area contributed by atoms with Crippen LogP contribution in [0.1, 0.15) is 13.8 Å². The van der Waals surface area contributed by atoms with Crippen molar-refractivity contribution < 1.29 is 47.6 Å². The number of methoxy groups -OCH3 is 1. The molecule has 0 fully saturated rings. The van der Waals surface area contributed by atoms with Crippen LogP contribution in [0.5, 0.6) is 17.2 Å². The fraction of sp³-hybridized carbons (Fsp3) is 0.333. The first-order chi connectivity index (χ1) is 18.6. The van der Waals surface area contributed by atoms with Crippen LogP contribution in [-0.2, 0) is 23.8 Å². The number of carbonyl (C=O) groups is 4. The van der Waals surface area contributed by atoms with E-state index < -0.39 is 24.1 Å². The van der Waals surface area contributed by atoms with Gasteiger partial charge in [0.05, 0.1) is 19.7 Å². The summed E-state index contributed by atoms with van der Waals surface area (Å²) in [5.74, 6) is -0.807. The van der Waals surface area contributed by atoms with Crippen LogP contribution in [-0.4, -0.2) is 70.8 Å². The molecule has 0 aliphatic heterocycles. The highest BCUT2D eigenvalue weighted by Gasteiger charge is 2.20. The lowest BCUT2D eigenvalue weighted by molar-refractivity contribution is -0.139. The van der Waals surface area contributed by atoms with E-state index in [1.807, 2.05) is 0 Å². The van der Waals surface area contributed by atoms with E-state index >= 15 is 0 Å². The first-order valence-electron chi connectivity index (χ1n) is 11.9. The van der Waals surface area contributed by atoms with Gasteiger partial charge in [-0.1, -0.05) is 37.4 Å². The van der Waals surface area contributed by atoms with Crippen LogP contribution in [0.15, 0.2) is 54.6 Å². The van der Waals surface area contributed by atoms with Crippen LogP contribution in [0, 0.1) is 0 Å². The minimum absolute atomic E-state index is 0.00129. The van der Waals surface area contributed by atoms with Gasteiger partial charge in [0.25, 0.3) is 0 Å². The summed E-state index contributed by atoms with van der Waals surface area (Å²) < 4.78 is 31.7. The van der Waals surface area contributed by atoms with Crippen molar-refractivity contribution in [3.63, 3.8) is 0 Å². The summed E-state index contributed by atoms with van der Waals surface area (Å²) in [6, 6.07) is 8.18. The fourth-order valence-corrected chi connectivity index (χ4v) is 2.93. The van der Waals surface area contributed by atoms with Crippen molar-refractivity contribution in [3.05, 3.63) is 54.6 Å². The molecule has 12 nitrogen and oxygen atoms in total. The predicted molar refractivity (Wildman–Crippen MR) is 141 cm³/mol. The molecule has 2 rings (SSSR count). The van der Waals surface area contributed by atoms with Crippen LogP contribution in [0.2, 0.25) is 0 Å². The van der Waals surface area contributed by atoms with Gasteiger partial charge < -0.3 is 39.1 Å². The molecule has 0 saturated carbocycles. The smallest absolute Gasteiger partial charge is 0.412 e. The SMILES string of the molecule is C=C(C)C(=O)OCCNC(=O)Oc1cc(OCCOC)c(OC(=O)NCCOC(=O)C(=C)C)c2ccccc12. The Morgan fingerprint density at radius 3 is 1.82 bits per heavy atom. The maximum absolute atomic E-state index is 12.5. The quantitative estimate of drug-likeness (QED) is 0.206. The van der Waals surface area contributed by atoms with Gasteiger partial charge in [-0.25, -0.2) is 19.2 Å². The summed E-state index contributed by atoms with van der Waals surface area (Å²) in [6.45, 7) is 10.2. The van der Waals surface area contributed by atoms with E-state index in [9.17, 15) is 19.2 Å². The maximum atomic E-state index is 12.5. The number of rotatable bonds is 14. The zero-order valence-electron chi connectivity index (χ0n) is 22.1. The van der Waals surface area contributed by atoms with E-state index in [0.717, 1.165) is 0 Å². The van der Waals surface area contributed by atoms with Gasteiger partial charge >= 0.3 is 24.1 Å². The summed E-state index contributed by atoms with van der Waals surface area (Å²) in [7, 11) is 1.50. The highest BCUT2D eigenvalue weighted by atomic mass is 16.6. The van der Waals surface area contributed by atoms with Crippen LogP contribution in [0.4, 0.5) is 9.59 Å². The zero-order valence-corrected chi connectivity index (χ0v) is 22.1. The summed E-state index contributed by atoms with van der Waals surface area (Å²) in [6.07, 6.45) is -1.62. The number of nitrogens with one attached hydrogen (secondary N) is 2. The first kappa shape index (κ1) is 30.6.